The number of nitrogens with one attached hydrogen (secondary N) is 1. The summed E-state index contributed by atoms with van der Waals surface area (Å²) >= 11 is 0. The van der Waals surface area contributed by atoms with Crippen molar-refractivity contribution in [2.24, 2.45) is 0 Å². The molecular formula is C13H15F3N2O3. The number of nitrogen functional groups attached to an aromatic ring is 1. The lowest BCUT2D eigenvalue weighted by Gasteiger charge is -2.36. The van der Waals surface area contributed by atoms with Crippen molar-refractivity contribution in [2.45, 2.75) is 31.2 Å². The Morgan fingerprint density at radius 2 is 2.10 bits per heavy atom. The van der Waals surface area contributed by atoms with Crippen LogP contribution in [-0.4, -0.2) is 29.5 Å². The van der Waals surface area contributed by atoms with E-state index in [1.54, 1.807) is 0 Å². The molecule has 1 fully saturated rings. The van der Waals surface area contributed by atoms with E-state index in [2.05, 4.69) is 10.1 Å². The zero-order valence-corrected chi connectivity index (χ0v) is 11.0. The highest BCUT2D eigenvalue weighted by Crippen LogP contribution is 2.31. The van der Waals surface area contributed by atoms with Gasteiger partial charge in [-0.25, -0.2) is 0 Å². The van der Waals surface area contributed by atoms with Crippen LogP contribution in [0.25, 0.3) is 0 Å². The Bertz CT molecular complexity index is 542. The van der Waals surface area contributed by atoms with Crippen LogP contribution in [0.5, 0.6) is 5.75 Å². The molecule has 2 rings (SSSR count). The lowest BCUT2D eigenvalue weighted by atomic mass is 9.80. The van der Waals surface area contributed by atoms with Crippen LogP contribution < -0.4 is 15.8 Å². The fraction of sp³-hybridized carbons (Fsp3) is 0.462. The van der Waals surface area contributed by atoms with Gasteiger partial charge in [0.2, 0.25) is 0 Å². The number of carbonyl (C=O) groups excluding carboxylic acids is 1. The van der Waals surface area contributed by atoms with Crippen molar-refractivity contribution in [2.75, 3.05) is 12.3 Å². The number of ether oxygens (including phenoxy) is 1. The lowest BCUT2D eigenvalue weighted by molar-refractivity contribution is -0.274. The quantitative estimate of drug-likeness (QED) is 0.741. The average Bonchev–Trinajstić information content (AvgIpc) is 2.34. The van der Waals surface area contributed by atoms with Crippen LogP contribution in [-0.2, 0) is 0 Å². The van der Waals surface area contributed by atoms with Gasteiger partial charge in [-0.15, -0.1) is 13.2 Å². The van der Waals surface area contributed by atoms with E-state index >= 15 is 0 Å². The molecule has 0 atom stereocenters. The predicted molar refractivity (Wildman–Crippen MR) is 68.7 cm³/mol. The maximum atomic E-state index is 12.1. The third kappa shape index (κ3) is 4.01. The number of alkyl halides is 3. The first-order valence-electron chi connectivity index (χ1n) is 6.34. The fourth-order valence-electron chi connectivity index (χ4n) is 2.02. The highest BCUT2D eigenvalue weighted by Gasteiger charge is 2.35. The Hall–Kier alpha value is -1.96. The summed E-state index contributed by atoms with van der Waals surface area (Å²) < 4.78 is 40.0. The minimum Gasteiger partial charge on any atom is -0.404 e. The van der Waals surface area contributed by atoms with Gasteiger partial charge < -0.3 is 20.9 Å². The van der Waals surface area contributed by atoms with Gasteiger partial charge in [-0.2, -0.15) is 0 Å². The summed E-state index contributed by atoms with van der Waals surface area (Å²) in [5, 5.41) is 12.4. The molecule has 0 bridgehead atoms. The molecule has 0 aromatic heterocycles. The third-order valence-electron chi connectivity index (χ3n) is 3.36. The number of carbonyl (C=O) groups is 1. The molecule has 1 aromatic rings. The smallest absolute Gasteiger partial charge is 0.404 e. The van der Waals surface area contributed by atoms with Gasteiger partial charge in [-0.3, -0.25) is 4.79 Å². The molecule has 1 saturated carbocycles. The van der Waals surface area contributed by atoms with E-state index in [1.807, 2.05) is 0 Å². The number of anilines is 1. The van der Waals surface area contributed by atoms with Gasteiger partial charge in [0.1, 0.15) is 0 Å². The highest BCUT2D eigenvalue weighted by atomic mass is 19.4. The van der Waals surface area contributed by atoms with Crippen LogP contribution in [0, 0.1) is 0 Å². The molecule has 0 aliphatic heterocycles. The van der Waals surface area contributed by atoms with E-state index in [0.717, 1.165) is 18.6 Å². The molecule has 21 heavy (non-hydrogen) atoms. The zero-order valence-electron chi connectivity index (χ0n) is 11.0. The van der Waals surface area contributed by atoms with Crippen molar-refractivity contribution >= 4 is 11.6 Å². The molecule has 0 unspecified atom stereocenters. The maximum Gasteiger partial charge on any atom is 0.573 e. The molecule has 1 amide bonds. The van der Waals surface area contributed by atoms with Gasteiger partial charge in [0.25, 0.3) is 5.91 Å². The van der Waals surface area contributed by atoms with E-state index in [0.29, 0.717) is 12.8 Å². The highest BCUT2D eigenvalue weighted by molar-refractivity contribution is 5.95. The molecule has 116 valence electrons. The topological polar surface area (TPSA) is 84.6 Å². The first-order valence-corrected chi connectivity index (χ1v) is 6.34. The van der Waals surface area contributed by atoms with Crippen molar-refractivity contribution in [3.05, 3.63) is 23.8 Å². The number of halogens is 3. The van der Waals surface area contributed by atoms with Gasteiger partial charge in [0, 0.05) is 12.1 Å². The Labute approximate surface area is 118 Å². The maximum absolute atomic E-state index is 12.1. The van der Waals surface area contributed by atoms with E-state index in [4.69, 9.17) is 5.73 Å². The molecular weight excluding hydrogens is 289 g/mol. The van der Waals surface area contributed by atoms with Crippen molar-refractivity contribution in [3.63, 3.8) is 0 Å². The van der Waals surface area contributed by atoms with Crippen molar-refractivity contribution < 1.29 is 27.8 Å². The minimum atomic E-state index is -4.84. The van der Waals surface area contributed by atoms with E-state index in [1.165, 1.54) is 6.07 Å². The number of amides is 1. The number of aliphatic hydroxyl groups is 1. The largest absolute Gasteiger partial charge is 0.573 e. The molecule has 0 saturated heterocycles. The summed E-state index contributed by atoms with van der Waals surface area (Å²) in [5.74, 6) is -1.07. The number of hydrogen-bond donors (Lipinski definition) is 3. The van der Waals surface area contributed by atoms with Crippen LogP contribution in [0.15, 0.2) is 18.2 Å². The summed E-state index contributed by atoms with van der Waals surface area (Å²) in [4.78, 5) is 11.8. The predicted octanol–water partition coefficient (Wildman–Crippen LogP) is 1.81. The van der Waals surface area contributed by atoms with Crippen LogP contribution in [0.2, 0.25) is 0 Å². The Morgan fingerprint density at radius 3 is 2.57 bits per heavy atom. The molecule has 5 nitrogen and oxygen atoms in total. The van der Waals surface area contributed by atoms with E-state index in [-0.39, 0.29) is 17.8 Å². The lowest BCUT2D eigenvalue weighted by Crippen LogP contribution is -2.47. The molecule has 0 spiro atoms. The van der Waals surface area contributed by atoms with Crippen molar-refractivity contribution in [3.8, 4) is 5.75 Å². The van der Waals surface area contributed by atoms with Crippen LogP contribution in [0.3, 0.4) is 0 Å². The van der Waals surface area contributed by atoms with Gasteiger partial charge in [0.05, 0.1) is 11.3 Å². The summed E-state index contributed by atoms with van der Waals surface area (Å²) in [5.41, 5.74) is 4.37. The third-order valence-corrected chi connectivity index (χ3v) is 3.36. The van der Waals surface area contributed by atoms with Gasteiger partial charge >= 0.3 is 6.36 Å². The zero-order chi connectivity index (χ0) is 15.7. The van der Waals surface area contributed by atoms with Gasteiger partial charge in [0.15, 0.2) is 5.75 Å². The van der Waals surface area contributed by atoms with Crippen molar-refractivity contribution in [1.29, 1.82) is 0 Å². The first-order chi connectivity index (χ1) is 9.69. The Balaban J connectivity index is 2.00. The van der Waals surface area contributed by atoms with Gasteiger partial charge in [-0.1, -0.05) is 0 Å². The number of benzene rings is 1. The second-order valence-electron chi connectivity index (χ2n) is 5.06. The number of rotatable bonds is 4. The molecule has 1 aliphatic rings. The Morgan fingerprint density at radius 1 is 1.43 bits per heavy atom. The summed E-state index contributed by atoms with van der Waals surface area (Å²) in [6.07, 6.45) is -2.70. The molecule has 8 heteroatoms. The van der Waals surface area contributed by atoms with Crippen molar-refractivity contribution in [1.82, 2.24) is 5.32 Å². The molecule has 0 radical (unpaired) electrons. The molecule has 1 aliphatic carbocycles. The second kappa shape index (κ2) is 5.44. The summed E-state index contributed by atoms with van der Waals surface area (Å²) in [6.45, 7) is 0.104. The van der Waals surface area contributed by atoms with Crippen LogP contribution in [0.1, 0.15) is 29.6 Å². The Kier molecular flexibility index (Phi) is 3.99. The summed E-state index contributed by atoms with van der Waals surface area (Å²) in [7, 11) is 0. The summed E-state index contributed by atoms with van der Waals surface area (Å²) in [6, 6.07) is 3.26. The fourth-order valence-corrected chi connectivity index (χ4v) is 2.02. The molecule has 0 heterocycles. The van der Waals surface area contributed by atoms with Crippen LogP contribution >= 0.6 is 0 Å². The number of hydrogen-bond acceptors (Lipinski definition) is 4. The standard InChI is InChI=1S/C13H15F3N2O3/c14-13(15,16)21-10-3-2-8(6-9(10)17)11(19)18-7-12(20)4-1-5-12/h2-3,6,20H,1,4-5,7,17H2,(H,18,19). The van der Waals surface area contributed by atoms with Gasteiger partial charge in [-0.05, 0) is 37.5 Å². The first kappa shape index (κ1) is 15.4. The molecule has 1 aromatic carbocycles. The average molecular weight is 304 g/mol. The molecule has 4 N–H and O–H groups in total. The SMILES string of the molecule is Nc1cc(C(=O)NCC2(O)CCC2)ccc1OC(F)(F)F. The van der Waals surface area contributed by atoms with E-state index in [9.17, 15) is 23.1 Å². The number of nitrogens with two attached hydrogens (primary N) is 1. The minimum absolute atomic E-state index is 0.102. The van der Waals surface area contributed by atoms with E-state index < -0.39 is 23.6 Å². The normalized spacial score (nSPS) is 17.0. The van der Waals surface area contributed by atoms with Crippen LogP contribution in [0.4, 0.5) is 18.9 Å². The second-order valence-corrected chi connectivity index (χ2v) is 5.06. The monoisotopic (exact) mass is 304 g/mol.